The second-order valence-electron chi connectivity index (χ2n) is 10.5. The first kappa shape index (κ1) is 25.3. The van der Waals surface area contributed by atoms with Gasteiger partial charge in [0.05, 0.1) is 19.1 Å². The summed E-state index contributed by atoms with van der Waals surface area (Å²) in [5, 5.41) is 3.57. The molecular weight excluding hydrogens is 536 g/mol. The number of nitrogens with zero attached hydrogens (tertiary/aromatic N) is 1. The fourth-order valence-corrected chi connectivity index (χ4v) is 7.01. The molecule has 4 aromatic rings. The van der Waals surface area contributed by atoms with E-state index in [1.54, 1.807) is 55.6 Å². The van der Waals surface area contributed by atoms with E-state index in [9.17, 15) is 14.4 Å². The number of amides is 1. The Morgan fingerprint density at radius 3 is 2.27 bits per heavy atom. The molecule has 0 bridgehead atoms. The monoisotopic (exact) mass is 560 g/mol. The molecule has 202 valence electrons. The van der Waals surface area contributed by atoms with Gasteiger partial charge in [-0.3, -0.25) is 14.4 Å². The highest BCUT2D eigenvalue weighted by Gasteiger charge is 2.70. The summed E-state index contributed by atoms with van der Waals surface area (Å²) in [5.41, 5.74) is 2.64. The van der Waals surface area contributed by atoms with E-state index >= 15 is 0 Å². The SMILES string of the molecule is COc1ccc(C(=O)[C@H]2[C@H](C(=O)c3ccc(Cl)cc3)N3C=Cc4ccccc4[C@@H]3[C@]23C(=O)Nc2ccccc23)cc1. The zero-order chi connectivity index (χ0) is 28.3. The Morgan fingerprint density at radius 2 is 1.51 bits per heavy atom. The third-order valence-corrected chi connectivity index (χ3v) is 8.88. The maximum Gasteiger partial charge on any atom is 0.238 e. The van der Waals surface area contributed by atoms with Gasteiger partial charge < -0.3 is 15.0 Å². The van der Waals surface area contributed by atoms with Crippen LogP contribution in [0.15, 0.2) is 103 Å². The van der Waals surface area contributed by atoms with Gasteiger partial charge >= 0.3 is 0 Å². The lowest BCUT2D eigenvalue weighted by Crippen LogP contribution is -2.49. The normalized spacial score (nSPS) is 23.5. The second-order valence-corrected chi connectivity index (χ2v) is 11.0. The number of para-hydroxylation sites is 1. The highest BCUT2D eigenvalue weighted by molar-refractivity contribution is 6.30. The molecule has 7 heteroatoms. The number of Topliss-reactive ketones (excluding diaryl/α,β-unsaturated/α-hetero) is 2. The maximum absolute atomic E-state index is 14.8. The molecule has 1 amide bonds. The number of hydrogen-bond donors (Lipinski definition) is 1. The molecule has 3 heterocycles. The van der Waals surface area contributed by atoms with Crippen molar-refractivity contribution in [2.45, 2.75) is 17.5 Å². The van der Waals surface area contributed by atoms with Crippen molar-refractivity contribution in [3.8, 4) is 5.75 Å². The number of halogens is 1. The van der Waals surface area contributed by atoms with Crippen LogP contribution in [0.4, 0.5) is 5.69 Å². The summed E-state index contributed by atoms with van der Waals surface area (Å²) >= 11 is 6.15. The Kier molecular flexibility index (Phi) is 5.84. The topological polar surface area (TPSA) is 75.7 Å². The Hall–Kier alpha value is -4.68. The van der Waals surface area contributed by atoms with E-state index in [-0.39, 0.29) is 17.5 Å². The minimum atomic E-state index is -1.37. The average Bonchev–Trinajstić information content (AvgIpc) is 3.49. The van der Waals surface area contributed by atoms with Gasteiger partial charge in [-0.05, 0) is 77.4 Å². The van der Waals surface area contributed by atoms with E-state index in [0.29, 0.717) is 33.1 Å². The molecule has 1 spiro atoms. The van der Waals surface area contributed by atoms with Gasteiger partial charge in [-0.2, -0.15) is 0 Å². The van der Waals surface area contributed by atoms with E-state index in [1.165, 1.54) is 0 Å². The van der Waals surface area contributed by atoms with Gasteiger partial charge in [0.2, 0.25) is 5.91 Å². The van der Waals surface area contributed by atoms with Crippen LogP contribution in [-0.2, 0) is 10.2 Å². The van der Waals surface area contributed by atoms with Crippen molar-refractivity contribution >= 4 is 40.8 Å². The van der Waals surface area contributed by atoms with Crippen molar-refractivity contribution in [2.24, 2.45) is 5.92 Å². The Labute approximate surface area is 242 Å². The largest absolute Gasteiger partial charge is 0.497 e. The molecule has 6 nitrogen and oxygen atoms in total. The molecule has 41 heavy (non-hydrogen) atoms. The van der Waals surface area contributed by atoms with Gasteiger partial charge in [0.1, 0.15) is 17.2 Å². The third kappa shape index (κ3) is 3.60. The summed E-state index contributed by atoms with van der Waals surface area (Å²) in [6.45, 7) is 0. The van der Waals surface area contributed by atoms with Crippen molar-refractivity contribution < 1.29 is 19.1 Å². The molecule has 0 saturated carbocycles. The van der Waals surface area contributed by atoms with Crippen molar-refractivity contribution in [1.82, 2.24) is 4.90 Å². The Balaban J connectivity index is 1.52. The van der Waals surface area contributed by atoms with Crippen molar-refractivity contribution in [3.05, 3.63) is 136 Å². The zero-order valence-electron chi connectivity index (χ0n) is 22.1. The highest BCUT2D eigenvalue weighted by atomic mass is 35.5. The number of ketones is 2. The van der Waals surface area contributed by atoms with Gasteiger partial charge in [-0.15, -0.1) is 0 Å². The molecule has 1 saturated heterocycles. The van der Waals surface area contributed by atoms with Crippen LogP contribution in [0, 0.1) is 5.92 Å². The molecule has 1 fully saturated rings. The summed E-state index contributed by atoms with van der Waals surface area (Å²) in [6, 6.07) is 27.3. The van der Waals surface area contributed by atoms with Crippen LogP contribution in [0.3, 0.4) is 0 Å². The van der Waals surface area contributed by atoms with Gasteiger partial charge in [0.25, 0.3) is 0 Å². The number of nitrogens with one attached hydrogen (secondary N) is 1. The number of methoxy groups -OCH3 is 1. The first-order valence-electron chi connectivity index (χ1n) is 13.4. The number of carbonyl (C=O) groups is 3. The summed E-state index contributed by atoms with van der Waals surface area (Å²) < 4.78 is 5.32. The maximum atomic E-state index is 14.8. The third-order valence-electron chi connectivity index (χ3n) is 8.62. The summed E-state index contributed by atoms with van der Waals surface area (Å²) in [5.74, 6) is -1.26. The lowest BCUT2D eigenvalue weighted by molar-refractivity contribution is -0.122. The lowest BCUT2D eigenvalue weighted by Gasteiger charge is -2.38. The minimum absolute atomic E-state index is 0.253. The molecule has 1 N–H and O–H groups in total. The van der Waals surface area contributed by atoms with E-state index in [1.807, 2.05) is 65.7 Å². The minimum Gasteiger partial charge on any atom is -0.497 e. The van der Waals surface area contributed by atoms with Crippen LogP contribution in [0.2, 0.25) is 5.02 Å². The van der Waals surface area contributed by atoms with Crippen LogP contribution in [0.5, 0.6) is 5.75 Å². The van der Waals surface area contributed by atoms with Crippen molar-refractivity contribution in [3.63, 3.8) is 0 Å². The van der Waals surface area contributed by atoms with Gasteiger partial charge in [0, 0.05) is 28.0 Å². The molecule has 4 aromatic carbocycles. The number of ether oxygens (including phenoxy) is 1. The van der Waals surface area contributed by atoms with Gasteiger partial charge in [-0.1, -0.05) is 54.1 Å². The number of benzene rings is 4. The number of carbonyl (C=O) groups excluding carboxylic acids is 3. The van der Waals surface area contributed by atoms with Gasteiger partial charge in [0.15, 0.2) is 11.6 Å². The molecule has 0 radical (unpaired) electrons. The summed E-state index contributed by atoms with van der Waals surface area (Å²) in [6.07, 6.45) is 3.81. The van der Waals surface area contributed by atoms with Gasteiger partial charge in [-0.25, -0.2) is 0 Å². The lowest BCUT2D eigenvalue weighted by atomic mass is 9.62. The molecule has 3 aliphatic heterocycles. The van der Waals surface area contributed by atoms with Crippen molar-refractivity contribution in [2.75, 3.05) is 12.4 Å². The number of fused-ring (bicyclic) bond motifs is 6. The van der Waals surface area contributed by atoms with Crippen LogP contribution in [-0.4, -0.2) is 35.5 Å². The second kappa shape index (κ2) is 9.46. The smallest absolute Gasteiger partial charge is 0.238 e. The summed E-state index contributed by atoms with van der Waals surface area (Å²) in [7, 11) is 1.56. The fourth-order valence-electron chi connectivity index (χ4n) is 6.89. The molecule has 4 atom stereocenters. The average molecular weight is 561 g/mol. The molecule has 0 aromatic heterocycles. The highest BCUT2D eigenvalue weighted by Crippen LogP contribution is 2.62. The quantitative estimate of drug-likeness (QED) is 0.289. The number of rotatable bonds is 5. The Bertz CT molecular complexity index is 1750. The predicted molar refractivity (Wildman–Crippen MR) is 157 cm³/mol. The van der Waals surface area contributed by atoms with E-state index in [4.69, 9.17) is 16.3 Å². The molecule has 7 rings (SSSR count). The zero-order valence-corrected chi connectivity index (χ0v) is 22.8. The predicted octanol–water partition coefficient (Wildman–Crippen LogP) is 6.33. The standard InChI is InChI=1S/C34H25ClN2O4/c1-41-24-16-12-21(13-17-24)30(38)28-29(31(39)22-10-14-23(35)15-11-22)37-19-18-20-6-2-3-7-25(20)32(37)34(28)26-8-4-5-9-27(26)36-33(34)40/h2-19,28-29,32H,1H3,(H,36,40)/t28-,29-,32-,34-/m1/s1. The van der Waals surface area contributed by atoms with Crippen molar-refractivity contribution in [1.29, 1.82) is 0 Å². The molecule has 0 aliphatic carbocycles. The first-order valence-corrected chi connectivity index (χ1v) is 13.8. The molecule has 3 aliphatic rings. The molecule has 0 unspecified atom stereocenters. The van der Waals surface area contributed by atoms with E-state index < -0.39 is 23.4 Å². The summed E-state index contributed by atoms with van der Waals surface area (Å²) in [4.78, 5) is 45.7. The Morgan fingerprint density at radius 1 is 0.854 bits per heavy atom. The number of hydrogen-bond acceptors (Lipinski definition) is 5. The van der Waals surface area contributed by atoms with Crippen LogP contribution in [0.1, 0.15) is 43.4 Å². The van der Waals surface area contributed by atoms with Crippen LogP contribution >= 0.6 is 11.6 Å². The first-order chi connectivity index (χ1) is 19.9. The van der Waals surface area contributed by atoms with Crippen LogP contribution < -0.4 is 10.1 Å². The van der Waals surface area contributed by atoms with E-state index in [2.05, 4.69) is 5.32 Å². The van der Waals surface area contributed by atoms with E-state index in [0.717, 1.165) is 11.1 Å². The van der Waals surface area contributed by atoms with Crippen LogP contribution in [0.25, 0.3) is 6.08 Å². The molecular formula is C34H25ClN2O4. The fraction of sp³-hybridized carbons (Fsp3) is 0.147. The number of anilines is 1.